The highest BCUT2D eigenvalue weighted by Gasteiger charge is 2.37. The molecule has 0 saturated carbocycles. The molecule has 1 amide bonds. The number of ether oxygens (including phenoxy) is 1. The number of amides is 1. The average Bonchev–Trinajstić information content (AvgIpc) is 3.20. The van der Waals surface area contributed by atoms with E-state index < -0.39 is 11.9 Å². The minimum atomic E-state index is -4.55. The van der Waals surface area contributed by atoms with Gasteiger partial charge in [0.25, 0.3) is 5.91 Å². The van der Waals surface area contributed by atoms with Crippen molar-refractivity contribution in [1.29, 1.82) is 0 Å². The van der Waals surface area contributed by atoms with E-state index in [0.29, 0.717) is 19.8 Å². The van der Waals surface area contributed by atoms with E-state index in [2.05, 4.69) is 10.1 Å². The number of hydrogen-bond donors (Lipinski definition) is 0. The molecule has 0 bridgehead atoms. The van der Waals surface area contributed by atoms with Crippen molar-refractivity contribution in [2.75, 3.05) is 19.8 Å². The molecule has 1 atom stereocenters. The Morgan fingerprint density at radius 3 is 2.92 bits per heavy atom. The van der Waals surface area contributed by atoms with E-state index >= 15 is 0 Å². The Kier molecular flexibility index (Phi) is 4.83. The molecule has 0 unspecified atom stereocenters. The second-order valence-electron chi connectivity index (χ2n) is 5.73. The van der Waals surface area contributed by atoms with Crippen molar-refractivity contribution < 1.29 is 22.7 Å². The number of morpholine rings is 1. The van der Waals surface area contributed by atoms with Gasteiger partial charge in [-0.2, -0.15) is 18.3 Å². The first-order valence-electron chi connectivity index (χ1n) is 7.79. The quantitative estimate of drug-likeness (QED) is 0.829. The van der Waals surface area contributed by atoms with Crippen molar-refractivity contribution in [1.82, 2.24) is 19.7 Å². The summed E-state index contributed by atoms with van der Waals surface area (Å²) in [6.07, 6.45) is -3.81. The van der Waals surface area contributed by atoms with Gasteiger partial charge in [0.15, 0.2) is 5.69 Å². The zero-order valence-corrected chi connectivity index (χ0v) is 14.5. The standard InChI is InChI=1S/C15H17F3N4O2S/c1-3-10-7-24-5-4-21(10)13(23)11-8-25-14(19-11)22-12(15(16,17)18)6-9(2)20-22/h6,8,10H,3-5,7H2,1-2H3/t10-/m0/s1. The van der Waals surface area contributed by atoms with Crippen LogP contribution in [0.25, 0.3) is 5.13 Å². The first-order valence-corrected chi connectivity index (χ1v) is 8.67. The molecule has 0 aromatic carbocycles. The zero-order chi connectivity index (χ0) is 18.2. The summed E-state index contributed by atoms with van der Waals surface area (Å²) in [5.41, 5.74) is -0.549. The summed E-state index contributed by atoms with van der Waals surface area (Å²) in [7, 11) is 0. The molecule has 2 aromatic rings. The van der Waals surface area contributed by atoms with Gasteiger partial charge in [0.2, 0.25) is 5.13 Å². The number of alkyl halides is 3. The third-order valence-electron chi connectivity index (χ3n) is 3.97. The van der Waals surface area contributed by atoms with Gasteiger partial charge in [-0.1, -0.05) is 6.92 Å². The van der Waals surface area contributed by atoms with Crippen LogP contribution in [0.1, 0.15) is 35.2 Å². The normalized spacial score (nSPS) is 18.6. The van der Waals surface area contributed by atoms with Crippen LogP contribution in [0.2, 0.25) is 0 Å². The molecular weight excluding hydrogens is 357 g/mol. The predicted molar refractivity (Wildman–Crippen MR) is 84.9 cm³/mol. The lowest BCUT2D eigenvalue weighted by Crippen LogP contribution is -2.48. The van der Waals surface area contributed by atoms with Gasteiger partial charge in [-0.25, -0.2) is 9.67 Å². The first kappa shape index (κ1) is 17.9. The summed E-state index contributed by atoms with van der Waals surface area (Å²) in [5, 5.41) is 5.35. The number of carbonyl (C=O) groups is 1. The van der Waals surface area contributed by atoms with Crippen LogP contribution in [0.15, 0.2) is 11.4 Å². The molecule has 0 N–H and O–H groups in total. The molecule has 1 aliphatic heterocycles. The fourth-order valence-corrected chi connectivity index (χ4v) is 3.48. The number of hydrogen-bond acceptors (Lipinski definition) is 5. The van der Waals surface area contributed by atoms with Crippen LogP contribution in [0, 0.1) is 6.92 Å². The van der Waals surface area contributed by atoms with Crippen molar-refractivity contribution in [3.05, 3.63) is 28.5 Å². The van der Waals surface area contributed by atoms with Gasteiger partial charge in [-0.05, 0) is 19.4 Å². The van der Waals surface area contributed by atoms with Crippen LogP contribution in [0.3, 0.4) is 0 Å². The minimum Gasteiger partial charge on any atom is -0.377 e. The Labute approximate surface area is 146 Å². The van der Waals surface area contributed by atoms with Crippen molar-refractivity contribution in [2.45, 2.75) is 32.5 Å². The van der Waals surface area contributed by atoms with E-state index in [-0.39, 0.29) is 28.5 Å². The van der Waals surface area contributed by atoms with E-state index in [1.165, 1.54) is 12.3 Å². The molecule has 1 aliphatic rings. The van der Waals surface area contributed by atoms with Crippen LogP contribution in [0.4, 0.5) is 13.2 Å². The van der Waals surface area contributed by atoms with Gasteiger partial charge < -0.3 is 9.64 Å². The van der Waals surface area contributed by atoms with Crippen LogP contribution in [0.5, 0.6) is 0 Å². The summed E-state index contributed by atoms with van der Waals surface area (Å²) in [6.45, 7) is 4.77. The Balaban J connectivity index is 1.89. The average molecular weight is 374 g/mol. The Hall–Kier alpha value is -1.94. The number of carbonyl (C=O) groups excluding carboxylic acids is 1. The van der Waals surface area contributed by atoms with E-state index in [0.717, 1.165) is 28.5 Å². The fourth-order valence-electron chi connectivity index (χ4n) is 2.71. The lowest BCUT2D eigenvalue weighted by atomic mass is 10.1. The topological polar surface area (TPSA) is 60.2 Å². The van der Waals surface area contributed by atoms with Crippen LogP contribution >= 0.6 is 11.3 Å². The van der Waals surface area contributed by atoms with Crippen LogP contribution in [-0.4, -0.2) is 51.4 Å². The smallest absolute Gasteiger partial charge is 0.377 e. The van der Waals surface area contributed by atoms with E-state index in [9.17, 15) is 18.0 Å². The fraction of sp³-hybridized carbons (Fsp3) is 0.533. The van der Waals surface area contributed by atoms with E-state index in [1.54, 1.807) is 4.90 Å². The number of rotatable bonds is 3. The van der Waals surface area contributed by atoms with Gasteiger partial charge in [0, 0.05) is 11.9 Å². The zero-order valence-electron chi connectivity index (χ0n) is 13.7. The number of aryl methyl sites for hydroxylation is 1. The SMILES string of the molecule is CC[C@H]1COCCN1C(=O)c1csc(-n2nc(C)cc2C(F)(F)F)n1. The highest BCUT2D eigenvalue weighted by Crippen LogP contribution is 2.32. The van der Waals surface area contributed by atoms with Crippen LogP contribution in [-0.2, 0) is 10.9 Å². The molecule has 1 saturated heterocycles. The highest BCUT2D eigenvalue weighted by molar-refractivity contribution is 7.12. The summed E-state index contributed by atoms with van der Waals surface area (Å²) in [4.78, 5) is 18.4. The Morgan fingerprint density at radius 2 is 2.24 bits per heavy atom. The summed E-state index contributed by atoms with van der Waals surface area (Å²) >= 11 is 0.958. The van der Waals surface area contributed by atoms with Gasteiger partial charge >= 0.3 is 6.18 Å². The number of halogens is 3. The maximum Gasteiger partial charge on any atom is 0.433 e. The largest absolute Gasteiger partial charge is 0.433 e. The van der Waals surface area contributed by atoms with Crippen molar-refractivity contribution >= 4 is 17.2 Å². The van der Waals surface area contributed by atoms with Crippen molar-refractivity contribution in [3.63, 3.8) is 0 Å². The molecule has 2 aromatic heterocycles. The van der Waals surface area contributed by atoms with Gasteiger partial charge in [-0.3, -0.25) is 4.79 Å². The van der Waals surface area contributed by atoms with Gasteiger partial charge in [0.1, 0.15) is 5.69 Å². The molecule has 1 fully saturated rings. The maximum atomic E-state index is 13.1. The Morgan fingerprint density at radius 1 is 1.48 bits per heavy atom. The minimum absolute atomic E-state index is 0.0186. The molecule has 0 aliphatic carbocycles. The molecule has 3 rings (SSSR count). The number of thiazole rings is 1. The third-order valence-corrected chi connectivity index (χ3v) is 4.79. The van der Waals surface area contributed by atoms with Crippen LogP contribution < -0.4 is 0 Å². The Bertz CT molecular complexity index is 771. The summed E-state index contributed by atoms with van der Waals surface area (Å²) in [5.74, 6) is -0.296. The lowest BCUT2D eigenvalue weighted by Gasteiger charge is -2.34. The third kappa shape index (κ3) is 3.54. The monoisotopic (exact) mass is 374 g/mol. The van der Waals surface area contributed by atoms with Crippen molar-refractivity contribution in [3.8, 4) is 5.13 Å². The van der Waals surface area contributed by atoms with E-state index in [4.69, 9.17) is 4.74 Å². The number of aromatic nitrogens is 3. The lowest BCUT2D eigenvalue weighted by molar-refractivity contribution is -0.142. The summed E-state index contributed by atoms with van der Waals surface area (Å²) in [6, 6.07) is 0.905. The van der Waals surface area contributed by atoms with Crippen molar-refractivity contribution in [2.24, 2.45) is 0 Å². The molecule has 10 heteroatoms. The first-order chi connectivity index (χ1) is 11.8. The second-order valence-corrected chi connectivity index (χ2v) is 6.57. The molecule has 0 spiro atoms. The molecule has 6 nitrogen and oxygen atoms in total. The predicted octanol–water partition coefficient (Wildman–Crippen LogP) is 2.91. The summed E-state index contributed by atoms with van der Waals surface area (Å²) < 4.78 is 45.5. The molecule has 0 radical (unpaired) electrons. The molecule has 136 valence electrons. The molecular formula is C15H17F3N4O2S. The maximum absolute atomic E-state index is 13.1. The van der Waals surface area contributed by atoms with Gasteiger partial charge in [0.05, 0.1) is 24.9 Å². The van der Waals surface area contributed by atoms with E-state index in [1.807, 2.05) is 6.92 Å². The highest BCUT2D eigenvalue weighted by atomic mass is 32.1. The second kappa shape index (κ2) is 6.75. The molecule has 25 heavy (non-hydrogen) atoms. The van der Waals surface area contributed by atoms with Gasteiger partial charge in [-0.15, -0.1) is 11.3 Å². The number of nitrogens with zero attached hydrogens (tertiary/aromatic N) is 4. The molecule has 3 heterocycles.